The van der Waals surface area contributed by atoms with Crippen LogP contribution in [0.4, 0.5) is 0 Å². The van der Waals surface area contributed by atoms with Crippen LogP contribution in [0.25, 0.3) is 0 Å². The van der Waals surface area contributed by atoms with E-state index in [1.54, 1.807) is 19.1 Å². The van der Waals surface area contributed by atoms with Gasteiger partial charge in [0.15, 0.2) is 18.1 Å². The predicted molar refractivity (Wildman–Crippen MR) is 139 cm³/mol. The lowest BCUT2D eigenvalue weighted by atomic mass is 10.2. The topological polar surface area (TPSA) is 140 Å². The van der Waals surface area contributed by atoms with Crippen molar-refractivity contribution in [3.8, 4) is 11.5 Å². The molecule has 2 aromatic carbocycles. The number of nitrogens with two attached hydrogens (primary N) is 1. The number of carbonyl (C=O) groups is 2. The third-order valence-corrected chi connectivity index (χ3v) is 7.98. The van der Waals surface area contributed by atoms with Crippen molar-refractivity contribution in [3.05, 3.63) is 50.6 Å². The number of hydrogen-bond donors (Lipinski definition) is 2. The Kier molecular flexibility index (Phi) is 9.33. The Morgan fingerprint density at radius 1 is 1.29 bits per heavy atom. The van der Waals surface area contributed by atoms with E-state index in [2.05, 4.69) is 10.5 Å². The summed E-state index contributed by atoms with van der Waals surface area (Å²) in [5.41, 5.74) is 8.18. The summed E-state index contributed by atoms with van der Waals surface area (Å²) in [5.74, 6) is -0.376. The number of ether oxygens (including phenoxy) is 2. The third kappa shape index (κ3) is 6.84. The molecule has 0 aromatic heterocycles. The maximum absolute atomic E-state index is 13.0. The molecule has 1 aliphatic rings. The average molecular weight is 635 g/mol. The lowest BCUT2D eigenvalue weighted by molar-refractivity contribution is -0.124. The van der Waals surface area contributed by atoms with Gasteiger partial charge in [0, 0.05) is 11.6 Å². The zero-order chi connectivity index (χ0) is 25.6. The molecule has 2 amide bonds. The third-order valence-electron chi connectivity index (χ3n) is 5.01. The minimum absolute atomic E-state index is 0.0711. The number of amides is 2. The number of benzene rings is 2. The molecule has 10 nitrogen and oxygen atoms in total. The molecule has 13 heteroatoms. The van der Waals surface area contributed by atoms with Crippen LogP contribution in [0.2, 0.25) is 5.02 Å². The predicted octanol–water partition coefficient (Wildman–Crippen LogP) is 2.51. The van der Waals surface area contributed by atoms with Crippen LogP contribution in [-0.2, 0) is 19.6 Å². The van der Waals surface area contributed by atoms with E-state index in [0.717, 1.165) is 0 Å². The van der Waals surface area contributed by atoms with Gasteiger partial charge in [0.2, 0.25) is 10.0 Å². The van der Waals surface area contributed by atoms with Crippen LogP contribution in [0.1, 0.15) is 25.3 Å². The van der Waals surface area contributed by atoms with Crippen molar-refractivity contribution in [1.29, 1.82) is 0 Å². The fraction of sp³-hybridized carbons (Fsp3) is 0.318. The Morgan fingerprint density at radius 3 is 2.66 bits per heavy atom. The smallest absolute Gasteiger partial charge is 0.258 e. The number of nitrogens with one attached hydrogen (secondary N) is 1. The van der Waals surface area contributed by atoms with Crippen LogP contribution in [0.5, 0.6) is 11.5 Å². The Balaban J connectivity index is 1.72. The van der Waals surface area contributed by atoms with Crippen molar-refractivity contribution in [2.75, 3.05) is 19.8 Å². The summed E-state index contributed by atoms with van der Waals surface area (Å²) in [4.78, 5) is 23.9. The highest BCUT2D eigenvalue weighted by Gasteiger charge is 2.39. The van der Waals surface area contributed by atoms with E-state index < -0.39 is 27.9 Å². The van der Waals surface area contributed by atoms with E-state index in [1.165, 1.54) is 34.8 Å². The van der Waals surface area contributed by atoms with Gasteiger partial charge in [-0.1, -0.05) is 11.6 Å². The van der Waals surface area contributed by atoms with Gasteiger partial charge in [0.1, 0.15) is 6.04 Å². The van der Waals surface area contributed by atoms with E-state index in [9.17, 15) is 18.0 Å². The minimum atomic E-state index is -3.86. The fourth-order valence-electron chi connectivity index (χ4n) is 3.49. The molecule has 2 aromatic rings. The lowest BCUT2D eigenvalue weighted by Gasteiger charge is -2.22. The van der Waals surface area contributed by atoms with Gasteiger partial charge in [-0.15, -0.1) is 0 Å². The summed E-state index contributed by atoms with van der Waals surface area (Å²) in [6.45, 7) is 2.10. The quantitative estimate of drug-likeness (QED) is 0.234. The number of rotatable bonds is 10. The highest BCUT2D eigenvalue weighted by molar-refractivity contribution is 14.1. The van der Waals surface area contributed by atoms with E-state index in [-0.39, 0.29) is 18.0 Å². The SMILES string of the molecule is CCOc1cc(/C=N\NC(=O)[C@H]2CCCN2S(=O)(=O)c2ccc(Cl)cc2)cc(I)c1OCC(N)=O. The zero-order valence-corrected chi connectivity index (χ0v) is 22.5. The summed E-state index contributed by atoms with van der Waals surface area (Å²) < 4.78 is 38.9. The number of primary amides is 1. The number of hydrogen-bond acceptors (Lipinski definition) is 7. The summed E-state index contributed by atoms with van der Waals surface area (Å²) in [7, 11) is -3.86. The van der Waals surface area contributed by atoms with Crippen LogP contribution in [-0.4, -0.2) is 56.6 Å². The first kappa shape index (κ1) is 27.2. The molecule has 0 radical (unpaired) electrons. The van der Waals surface area contributed by atoms with Gasteiger partial charge in [0.25, 0.3) is 11.8 Å². The molecule has 1 heterocycles. The molecule has 1 fully saturated rings. The number of carbonyl (C=O) groups excluding carboxylic acids is 2. The molecule has 3 rings (SSSR count). The normalized spacial score (nSPS) is 16.4. The summed E-state index contributed by atoms with van der Waals surface area (Å²) in [6.07, 6.45) is 2.34. The summed E-state index contributed by atoms with van der Waals surface area (Å²) >= 11 is 7.88. The Labute approximate surface area is 222 Å². The summed E-state index contributed by atoms with van der Waals surface area (Å²) in [5, 5.41) is 4.42. The van der Waals surface area contributed by atoms with Gasteiger partial charge >= 0.3 is 0 Å². The van der Waals surface area contributed by atoms with Gasteiger partial charge in [-0.25, -0.2) is 13.8 Å². The fourth-order valence-corrected chi connectivity index (χ4v) is 6.05. The molecule has 1 aliphatic heterocycles. The molecule has 0 aliphatic carbocycles. The van der Waals surface area contributed by atoms with Crippen LogP contribution >= 0.6 is 34.2 Å². The second-order valence-electron chi connectivity index (χ2n) is 7.48. The Bertz CT molecular complexity index is 1220. The number of hydrazone groups is 1. The number of nitrogens with zero attached hydrogens (tertiary/aromatic N) is 2. The van der Waals surface area contributed by atoms with Crippen LogP contribution in [0.15, 0.2) is 46.4 Å². The molecule has 188 valence electrons. The first-order valence-electron chi connectivity index (χ1n) is 10.6. The molecule has 3 N–H and O–H groups in total. The highest BCUT2D eigenvalue weighted by Crippen LogP contribution is 2.34. The highest BCUT2D eigenvalue weighted by atomic mass is 127. The molecule has 1 saturated heterocycles. The lowest BCUT2D eigenvalue weighted by Crippen LogP contribution is -2.44. The molecule has 0 bridgehead atoms. The van der Waals surface area contributed by atoms with Crippen molar-refractivity contribution in [3.63, 3.8) is 0 Å². The standard InChI is InChI=1S/C22H24ClIN4O6S/c1-2-33-19-11-14(10-17(24)21(19)34-13-20(25)29)12-26-27-22(30)18-4-3-9-28(18)35(31,32)16-7-5-15(23)6-8-16/h5-8,10-12,18H,2-4,9,13H2,1H3,(H2,25,29)(H,27,30)/b26-12-/t18-/m1/s1. The first-order valence-corrected chi connectivity index (χ1v) is 13.5. The second kappa shape index (κ2) is 12.0. The van der Waals surface area contributed by atoms with E-state index >= 15 is 0 Å². The average Bonchev–Trinajstić information content (AvgIpc) is 3.30. The van der Waals surface area contributed by atoms with E-state index in [1.807, 2.05) is 22.6 Å². The molecule has 1 atom stereocenters. The van der Waals surface area contributed by atoms with Crippen LogP contribution in [0.3, 0.4) is 0 Å². The molecule has 0 spiro atoms. The van der Waals surface area contributed by atoms with Gasteiger partial charge in [-0.3, -0.25) is 9.59 Å². The molecule has 0 saturated carbocycles. The Hall–Kier alpha value is -2.42. The zero-order valence-electron chi connectivity index (χ0n) is 18.7. The Morgan fingerprint density at radius 2 is 2.00 bits per heavy atom. The van der Waals surface area contributed by atoms with Gasteiger partial charge < -0.3 is 15.2 Å². The minimum Gasteiger partial charge on any atom is -0.490 e. The van der Waals surface area contributed by atoms with Crippen LogP contribution < -0.4 is 20.6 Å². The first-order chi connectivity index (χ1) is 16.6. The molecular weight excluding hydrogens is 611 g/mol. The maximum Gasteiger partial charge on any atom is 0.258 e. The largest absolute Gasteiger partial charge is 0.490 e. The monoisotopic (exact) mass is 634 g/mol. The maximum atomic E-state index is 13.0. The molecular formula is C22H24ClIN4O6S. The molecule has 35 heavy (non-hydrogen) atoms. The van der Waals surface area contributed by atoms with Gasteiger partial charge in [-0.05, 0) is 84.3 Å². The van der Waals surface area contributed by atoms with Gasteiger partial charge in [0.05, 0.1) is 21.3 Å². The summed E-state index contributed by atoms with van der Waals surface area (Å²) in [6, 6.07) is 8.30. The van der Waals surface area contributed by atoms with E-state index in [0.29, 0.717) is 45.1 Å². The number of halogens is 2. The van der Waals surface area contributed by atoms with Crippen molar-refractivity contribution in [2.45, 2.75) is 30.7 Å². The number of sulfonamides is 1. The van der Waals surface area contributed by atoms with Crippen molar-refractivity contribution >= 4 is 62.2 Å². The van der Waals surface area contributed by atoms with Crippen molar-refractivity contribution < 1.29 is 27.5 Å². The second-order valence-corrected chi connectivity index (χ2v) is 11.0. The van der Waals surface area contributed by atoms with Crippen molar-refractivity contribution in [2.24, 2.45) is 10.8 Å². The van der Waals surface area contributed by atoms with Crippen molar-refractivity contribution in [1.82, 2.24) is 9.73 Å². The van der Waals surface area contributed by atoms with Gasteiger partial charge in [-0.2, -0.15) is 9.41 Å². The molecule has 0 unspecified atom stereocenters. The van der Waals surface area contributed by atoms with Crippen LogP contribution in [0, 0.1) is 3.57 Å². The van der Waals surface area contributed by atoms with E-state index in [4.69, 9.17) is 26.8 Å².